The highest BCUT2D eigenvalue weighted by atomic mass is 15.1. The molecule has 0 spiro atoms. The third-order valence-electron chi connectivity index (χ3n) is 2.70. The van der Waals surface area contributed by atoms with Gasteiger partial charge in [0.1, 0.15) is 0 Å². The lowest BCUT2D eigenvalue weighted by molar-refractivity contribution is 0.262. The lowest BCUT2D eigenvalue weighted by Gasteiger charge is -2.22. The van der Waals surface area contributed by atoms with E-state index in [-0.39, 0.29) is 0 Å². The van der Waals surface area contributed by atoms with E-state index in [0.29, 0.717) is 0 Å². The Morgan fingerprint density at radius 2 is 0.938 bits per heavy atom. The van der Waals surface area contributed by atoms with Gasteiger partial charge in [0.25, 0.3) is 0 Å². The molecule has 0 aromatic carbocycles. The third kappa shape index (κ3) is 10.4. The van der Waals surface area contributed by atoms with Crippen molar-refractivity contribution in [3.63, 3.8) is 0 Å². The van der Waals surface area contributed by atoms with Crippen molar-refractivity contribution in [2.75, 3.05) is 60.4 Å². The number of rotatable bonds is 12. The molecular formula is C12H30N4. The van der Waals surface area contributed by atoms with Crippen LogP contribution >= 0.6 is 0 Å². The normalized spacial score (nSPS) is 11.2. The van der Waals surface area contributed by atoms with Crippen molar-refractivity contribution in [1.82, 2.24) is 20.9 Å². The molecule has 98 valence electrons. The maximum absolute atomic E-state index is 3.21. The lowest BCUT2D eigenvalue weighted by Crippen LogP contribution is -2.31. The van der Waals surface area contributed by atoms with Gasteiger partial charge in [0.05, 0.1) is 0 Å². The van der Waals surface area contributed by atoms with Crippen LogP contribution in [0.2, 0.25) is 0 Å². The van der Waals surface area contributed by atoms with E-state index in [1.165, 1.54) is 38.9 Å². The van der Waals surface area contributed by atoms with Crippen LogP contribution in [0.5, 0.6) is 0 Å². The minimum absolute atomic E-state index is 1.12. The van der Waals surface area contributed by atoms with Gasteiger partial charge in [-0.2, -0.15) is 0 Å². The Morgan fingerprint density at radius 1 is 0.625 bits per heavy atom. The molecule has 0 aliphatic carbocycles. The quantitative estimate of drug-likeness (QED) is 0.416. The molecule has 4 heteroatoms. The Morgan fingerprint density at radius 3 is 1.19 bits per heavy atom. The van der Waals surface area contributed by atoms with Crippen molar-refractivity contribution in [2.24, 2.45) is 0 Å². The Hall–Kier alpha value is -0.160. The lowest BCUT2D eigenvalue weighted by atomic mass is 10.3. The van der Waals surface area contributed by atoms with Crippen molar-refractivity contribution >= 4 is 0 Å². The second kappa shape index (κ2) is 12.9. The number of hydrogen-bond donors (Lipinski definition) is 3. The summed E-state index contributed by atoms with van der Waals surface area (Å²) in [4.78, 5) is 2.58. The first kappa shape index (κ1) is 15.8. The predicted octanol–water partition coefficient (Wildman–Crippen LogP) is 0.117. The van der Waals surface area contributed by atoms with E-state index >= 15 is 0 Å². The molecule has 0 radical (unpaired) electrons. The summed E-state index contributed by atoms with van der Waals surface area (Å²) in [6.45, 7) is 7.01. The van der Waals surface area contributed by atoms with Crippen molar-refractivity contribution in [3.05, 3.63) is 0 Å². The number of hydrogen-bond acceptors (Lipinski definition) is 4. The molecule has 16 heavy (non-hydrogen) atoms. The molecular weight excluding hydrogens is 200 g/mol. The van der Waals surface area contributed by atoms with Crippen LogP contribution in [0.25, 0.3) is 0 Å². The Bertz CT molecular complexity index is 106. The van der Waals surface area contributed by atoms with Crippen molar-refractivity contribution in [1.29, 1.82) is 0 Å². The molecule has 0 atom stereocenters. The fourth-order valence-electron chi connectivity index (χ4n) is 1.77. The Kier molecular flexibility index (Phi) is 12.8. The van der Waals surface area contributed by atoms with E-state index in [0.717, 1.165) is 19.6 Å². The van der Waals surface area contributed by atoms with Crippen LogP contribution < -0.4 is 16.0 Å². The first-order valence-corrected chi connectivity index (χ1v) is 6.51. The fraction of sp³-hybridized carbons (Fsp3) is 1.00. The van der Waals surface area contributed by atoms with E-state index in [2.05, 4.69) is 20.9 Å². The van der Waals surface area contributed by atoms with Crippen LogP contribution in [-0.2, 0) is 0 Å². The van der Waals surface area contributed by atoms with Gasteiger partial charge in [-0.1, -0.05) is 0 Å². The largest absolute Gasteiger partial charge is 0.320 e. The summed E-state index contributed by atoms with van der Waals surface area (Å²) in [6, 6.07) is 0. The molecule has 0 aromatic heterocycles. The van der Waals surface area contributed by atoms with Crippen LogP contribution in [0.3, 0.4) is 0 Å². The average Bonchev–Trinajstić information content (AvgIpc) is 2.29. The third-order valence-corrected chi connectivity index (χ3v) is 2.70. The van der Waals surface area contributed by atoms with Gasteiger partial charge in [-0.05, 0) is 79.7 Å². The van der Waals surface area contributed by atoms with Crippen LogP contribution in [0.4, 0.5) is 0 Å². The van der Waals surface area contributed by atoms with Crippen molar-refractivity contribution in [3.8, 4) is 0 Å². The molecule has 0 aliphatic rings. The zero-order valence-corrected chi connectivity index (χ0v) is 11.3. The van der Waals surface area contributed by atoms with E-state index in [1.807, 2.05) is 21.1 Å². The van der Waals surface area contributed by atoms with Gasteiger partial charge in [-0.25, -0.2) is 0 Å². The average molecular weight is 230 g/mol. The maximum Gasteiger partial charge on any atom is -0.000662 e. The highest BCUT2D eigenvalue weighted by Crippen LogP contribution is 1.95. The molecule has 3 N–H and O–H groups in total. The van der Waals surface area contributed by atoms with E-state index in [4.69, 9.17) is 0 Å². The van der Waals surface area contributed by atoms with Gasteiger partial charge < -0.3 is 20.9 Å². The second-order valence-electron chi connectivity index (χ2n) is 4.21. The van der Waals surface area contributed by atoms with Gasteiger partial charge >= 0.3 is 0 Å². The summed E-state index contributed by atoms with van der Waals surface area (Å²) in [6.07, 6.45) is 3.74. The van der Waals surface area contributed by atoms with Crippen molar-refractivity contribution < 1.29 is 0 Å². The SMILES string of the molecule is CNCCCN(CCCNC)CCCNC. The molecule has 0 saturated heterocycles. The summed E-state index contributed by atoms with van der Waals surface area (Å²) in [5.74, 6) is 0. The zero-order chi connectivity index (χ0) is 12.1. The monoisotopic (exact) mass is 230 g/mol. The minimum Gasteiger partial charge on any atom is -0.320 e. The molecule has 0 amide bonds. The van der Waals surface area contributed by atoms with Crippen molar-refractivity contribution in [2.45, 2.75) is 19.3 Å². The minimum atomic E-state index is 1.12. The Labute approximate surface area is 101 Å². The Balaban J connectivity index is 3.58. The first-order chi connectivity index (χ1) is 7.85. The number of nitrogens with zero attached hydrogens (tertiary/aromatic N) is 1. The standard InChI is InChI=1S/C12H30N4/c1-13-7-4-10-16(11-5-8-14-2)12-6-9-15-3/h13-15H,4-12H2,1-3H3. The van der Waals surface area contributed by atoms with Gasteiger partial charge in [-0.3, -0.25) is 0 Å². The molecule has 0 rings (SSSR count). The molecule has 4 nitrogen and oxygen atoms in total. The summed E-state index contributed by atoms with van der Waals surface area (Å²) in [5.41, 5.74) is 0. The predicted molar refractivity (Wildman–Crippen MR) is 72.1 cm³/mol. The first-order valence-electron chi connectivity index (χ1n) is 6.51. The van der Waals surface area contributed by atoms with Crippen LogP contribution in [0.15, 0.2) is 0 Å². The van der Waals surface area contributed by atoms with Crippen LogP contribution in [0, 0.1) is 0 Å². The molecule has 0 heterocycles. The maximum atomic E-state index is 3.21. The van der Waals surface area contributed by atoms with E-state index in [9.17, 15) is 0 Å². The molecule has 0 unspecified atom stereocenters. The summed E-state index contributed by atoms with van der Waals surface area (Å²) >= 11 is 0. The molecule has 0 bridgehead atoms. The van der Waals surface area contributed by atoms with E-state index in [1.54, 1.807) is 0 Å². The summed E-state index contributed by atoms with van der Waals surface area (Å²) in [7, 11) is 6.06. The van der Waals surface area contributed by atoms with E-state index < -0.39 is 0 Å². The van der Waals surface area contributed by atoms with Crippen LogP contribution in [0.1, 0.15) is 19.3 Å². The smallest absolute Gasteiger partial charge is 0.000662 e. The number of nitrogens with one attached hydrogen (secondary N) is 3. The van der Waals surface area contributed by atoms with Gasteiger partial charge in [0, 0.05) is 0 Å². The molecule has 0 fully saturated rings. The van der Waals surface area contributed by atoms with Crippen LogP contribution in [-0.4, -0.2) is 65.3 Å². The molecule has 0 saturated carbocycles. The van der Waals surface area contributed by atoms with Gasteiger partial charge in [-0.15, -0.1) is 0 Å². The zero-order valence-electron chi connectivity index (χ0n) is 11.3. The van der Waals surface area contributed by atoms with Gasteiger partial charge in [0.15, 0.2) is 0 Å². The summed E-state index contributed by atoms with van der Waals surface area (Å²) in [5, 5.41) is 9.62. The summed E-state index contributed by atoms with van der Waals surface area (Å²) < 4.78 is 0. The highest BCUT2D eigenvalue weighted by Gasteiger charge is 2.03. The van der Waals surface area contributed by atoms with Gasteiger partial charge in [0.2, 0.25) is 0 Å². The fourth-order valence-corrected chi connectivity index (χ4v) is 1.77. The second-order valence-corrected chi connectivity index (χ2v) is 4.21. The molecule has 0 aliphatic heterocycles. The molecule has 0 aromatic rings. The highest BCUT2D eigenvalue weighted by molar-refractivity contribution is 4.60. The topological polar surface area (TPSA) is 39.3 Å².